The van der Waals surface area contributed by atoms with Crippen molar-refractivity contribution in [3.63, 3.8) is 0 Å². The highest BCUT2D eigenvalue weighted by Crippen LogP contribution is 2.17. The van der Waals surface area contributed by atoms with Gasteiger partial charge in [-0.3, -0.25) is 29.4 Å². The number of pyridine rings is 1. The van der Waals surface area contributed by atoms with Gasteiger partial charge in [0.15, 0.2) is 5.78 Å². The first-order valence-corrected chi connectivity index (χ1v) is 15.7. The lowest BCUT2D eigenvalue weighted by Crippen LogP contribution is -2.20. The summed E-state index contributed by atoms with van der Waals surface area (Å²) >= 11 is 0. The molecule has 10 heteroatoms. The van der Waals surface area contributed by atoms with E-state index < -0.39 is 5.82 Å². The van der Waals surface area contributed by atoms with Crippen molar-refractivity contribution in [2.24, 2.45) is 0 Å². The number of unbranched alkanes of at least 4 members (excludes halogenated alkanes) is 3. The summed E-state index contributed by atoms with van der Waals surface area (Å²) in [5.74, 6) is -0.848. The molecule has 1 aromatic heterocycles. The van der Waals surface area contributed by atoms with Gasteiger partial charge in [-0.2, -0.15) is 0 Å². The number of halogens is 1. The van der Waals surface area contributed by atoms with E-state index in [9.17, 15) is 23.6 Å². The SMILES string of the molecule is Nc1cc(F)ccc1CC(=O)c1ccc(CNC(=O)/C=C/c2cccnc2)cc1.O=C(CCCCCCC(=O)NO)Cc1ccccc1. The van der Waals surface area contributed by atoms with E-state index in [1.165, 1.54) is 24.3 Å². The third kappa shape index (κ3) is 14.3. The first kappa shape index (κ1) is 37.0. The van der Waals surface area contributed by atoms with Crippen LogP contribution in [0.25, 0.3) is 6.08 Å². The minimum Gasteiger partial charge on any atom is -0.398 e. The third-order valence-electron chi connectivity index (χ3n) is 7.29. The van der Waals surface area contributed by atoms with Crippen LogP contribution >= 0.6 is 0 Å². The molecular weight excluding hydrogens is 611 g/mol. The van der Waals surface area contributed by atoms with Crippen LogP contribution in [0.3, 0.4) is 0 Å². The second-order valence-corrected chi connectivity index (χ2v) is 11.1. The minimum atomic E-state index is -0.430. The van der Waals surface area contributed by atoms with Gasteiger partial charge in [-0.05, 0) is 59.4 Å². The molecule has 0 aliphatic rings. The first-order valence-electron chi connectivity index (χ1n) is 15.7. The number of nitrogen functional groups attached to an aromatic ring is 1. The van der Waals surface area contributed by atoms with Crippen LogP contribution in [0.5, 0.6) is 0 Å². The Morgan fingerprint density at radius 1 is 0.812 bits per heavy atom. The largest absolute Gasteiger partial charge is 0.398 e. The van der Waals surface area contributed by atoms with Gasteiger partial charge < -0.3 is 11.1 Å². The maximum Gasteiger partial charge on any atom is 0.244 e. The zero-order valence-corrected chi connectivity index (χ0v) is 26.7. The van der Waals surface area contributed by atoms with Crippen LogP contribution < -0.4 is 16.5 Å². The number of hydroxylamine groups is 1. The molecule has 0 spiro atoms. The number of hydrogen-bond acceptors (Lipinski definition) is 7. The Hall–Kier alpha value is -5.48. The van der Waals surface area contributed by atoms with E-state index in [0.29, 0.717) is 36.9 Å². The number of ketones is 2. The molecular formula is C38H41FN4O5. The Labute approximate surface area is 280 Å². The predicted octanol–water partition coefficient (Wildman–Crippen LogP) is 6.20. The second kappa shape index (κ2) is 20.6. The summed E-state index contributed by atoms with van der Waals surface area (Å²) in [5.41, 5.74) is 11.5. The number of amides is 2. The Bertz CT molecular complexity index is 1650. The van der Waals surface area contributed by atoms with E-state index in [0.717, 1.165) is 42.4 Å². The van der Waals surface area contributed by atoms with Gasteiger partial charge >= 0.3 is 0 Å². The molecule has 4 aromatic rings. The maximum atomic E-state index is 13.1. The minimum absolute atomic E-state index is 0.0985. The molecule has 0 saturated carbocycles. The Morgan fingerprint density at radius 2 is 1.54 bits per heavy atom. The molecule has 0 bridgehead atoms. The highest BCUT2D eigenvalue weighted by Gasteiger charge is 2.10. The number of Topliss-reactive ketones (excluding diaryl/α,β-unsaturated/α-hetero) is 2. The molecule has 5 N–H and O–H groups in total. The number of aromatic nitrogens is 1. The molecule has 4 rings (SSSR count). The number of rotatable bonds is 16. The number of nitrogens with one attached hydrogen (secondary N) is 2. The average molecular weight is 653 g/mol. The van der Waals surface area contributed by atoms with Crippen LogP contribution in [-0.4, -0.2) is 33.6 Å². The van der Waals surface area contributed by atoms with Gasteiger partial charge in [0.25, 0.3) is 0 Å². The highest BCUT2D eigenvalue weighted by atomic mass is 19.1. The van der Waals surface area contributed by atoms with E-state index in [1.807, 2.05) is 36.4 Å². The molecule has 250 valence electrons. The molecule has 0 fully saturated rings. The van der Waals surface area contributed by atoms with Crippen molar-refractivity contribution < 1.29 is 28.8 Å². The van der Waals surface area contributed by atoms with Gasteiger partial charge in [0.2, 0.25) is 11.8 Å². The third-order valence-corrected chi connectivity index (χ3v) is 7.29. The smallest absolute Gasteiger partial charge is 0.244 e. The van der Waals surface area contributed by atoms with Crippen LogP contribution in [0, 0.1) is 5.82 Å². The lowest BCUT2D eigenvalue weighted by atomic mass is 10.0. The molecule has 0 unspecified atom stereocenters. The molecule has 0 saturated heterocycles. The lowest BCUT2D eigenvalue weighted by molar-refractivity contribution is -0.129. The molecule has 48 heavy (non-hydrogen) atoms. The van der Waals surface area contributed by atoms with E-state index >= 15 is 0 Å². The molecule has 2 amide bonds. The molecule has 9 nitrogen and oxygen atoms in total. The fraction of sp³-hybridized carbons (Fsp3) is 0.237. The van der Waals surface area contributed by atoms with Gasteiger partial charge in [0.1, 0.15) is 11.6 Å². The molecule has 0 aliphatic carbocycles. The Balaban J connectivity index is 0.000000286. The van der Waals surface area contributed by atoms with E-state index in [2.05, 4.69) is 10.3 Å². The van der Waals surface area contributed by atoms with Crippen LogP contribution in [0.2, 0.25) is 0 Å². The predicted molar refractivity (Wildman–Crippen MR) is 183 cm³/mol. The zero-order valence-electron chi connectivity index (χ0n) is 26.7. The molecule has 0 aliphatic heterocycles. The first-order chi connectivity index (χ1) is 23.2. The fourth-order valence-electron chi connectivity index (χ4n) is 4.63. The topological polar surface area (TPSA) is 151 Å². The van der Waals surface area contributed by atoms with Crippen LogP contribution in [0.4, 0.5) is 10.1 Å². The normalized spacial score (nSPS) is 10.5. The number of carbonyl (C=O) groups is 4. The van der Waals surface area contributed by atoms with Gasteiger partial charge in [-0.1, -0.05) is 79.6 Å². The Morgan fingerprint density at radius 3 is 2.21 bits per heavy atom. The summed E-state index contributed by atoms with van der Waals surface area (Å²) < 4.78 is 13.1. The zero-order chi connectivity index (χ0) is 34.6. The molecule has 0 radical (unpaired) electrons. The van der Waals surface area contributed by atoms with E-state index in [1.54, 1.807) is 54.3 Å². The number of benzene rings is 3. The number of nitrogens with zero attached hydrogens (tertiary/aromatic N) is 1. The van der Waals surface area contributed by atoms with Gasteiger partial charge in [0.05, 0.1) is 0 Å². The molecule has 1 heterocycles. The maximum absolute atomic E-state index is 13.1. The van der Waals surface area contributed by atoms with Gasteiger partial charge in [0, 0.05) is 61.9 Å². The van der Waals surface area contributed by atoms with Crippen molar-refractivity contribution in [1.82, 2.24) is 15.8 Å². The summed E-state index contributed by atoms with van der Waals surface area (Å²) in [6, 6.07) is 24.4. The van der Waals surface area contributed by atoms with Crippen LogP contribution in [-0.2, 0) is 33.8 Å². The van der Waals surface area contributed by atoms with Crippen LogP contribution in [0.15, 0.2) is 103 Å². The summed E-state index contributed by atoms with van der Waals surface area (Å²) in [4.78, 5) is 50.8. The van der Waals surface area contributed by atoms with Crippen molar-refractivity contribution in [3.05, 3.63) is 137 Å². The fourth-order valence-corrected chi connectivity index (χ4v) is 4.63. The average Bonchev–Trinajstić information content (AvgIpc) is 3.10. The number of anilines is 1. The monoisotopic (exact) mass is 652 g/mol. The number of carbonyl (C=O) groups excluding carboxylic acids is 4. The number of hydrogen-bond donors (Lipinski definition) is 4. The van der Waals surface area contributed by atoms with Gasteiger partial charge in [-0.25, -0.2) is 9.87 Å². The second-order valence-electron chi connectivity index (χ2n) is 11.1. The van der Waals surface area contributed by atoms with Gasteiger partial charge in [-0.15, -0.1) is 0 Å². The molecule has 0 atom stereocenters. The van der Waals surface area contributed by atoms with Crippen molar-refractivity contribution in [2.75, 3.05) is 5.73 Å². The van der Waals surface area contributed by atoms with Crippen molar-refractivity contribution in [3.8, 4) is 0 Å². The van der Waals surface area contributed by atoms with E-state index in [4.69, 9.17) is 10.9 Å². The summed E-state index contributed by atoms with van der Waals surface area (Å²) in [6.07, 6.45) is 11.5. The summed E-state index contributed by atoms with van der Waals surface area (Å²) in [5, 5.41) is 11.1. The van der Waals surface area contributed by atoms with Crippen molar-refractivity contribution in [2.45, 2.75) is 57.9 Å². The lowest BCUT2D eigenvalue weighted by Gasteiger charge is -2.07. The Kier molecular flexibility index (Phi) is 15.9. The van der Waals surface area contributed by atoms with Crippen LogP contribution in [0.1, 0.15) is 71.1 Å². The quantitative estimate of drug-likeness (QED) is 0.0281. The highest BCUT2D eigenvalue weighted by molar-refractivity contribution is 5.98. The van der Waals surface area contributed by atoms with Crippen molar-refractivity contribution >= 4 is 35.1 Å². The summed E-state index contributed by atoms with van der Waals surface area (Å²) in [7, 11) is 0. The standard InChI is InChI=1S/C23H20FN3O2.C15H21NO3/c24-20-9-8-19(21(25)13-20)12-22(28)18-6-3-17(4-7-18)15-27-23(29)10-5-16-2-1-11-26-14-16;17-14(12-13-8-4-3-5-9-13)10-6-1-2-7-11-15(18)16-19/h1-11,13-14H,12,15,25H2,(H,27,29);3-5,8-9,19H,1-2,6-7,10-12H2,(H,16,18)/b10-5+;. The van der Waals surface area contributed by atoms with E-state index in [-0.39, 0.29) is 35.5 Å². The summed E-state index contributed by atoms with van der Waals surface area (Å²) in [6.45, 7) is 0.343. The van der Waals surface area contributed by atoms with Crippen molar-refractivity contribution in [1.29, 1.82) is 0 Å². The molecule has 3 aromatic carbocycles. The number of nitrogens with two attached hydrogens (primary N) is 1.